The number of esters is 1. The average molecular weight is 596 g/mol. The van der Waals surface area contributed by atoms with Gasteiger partial charge in [-0.15, -0.1) is 30.0 Å². The maximum Gasteiger partial charge on any atom is 0.310 e. The average Bonchev–Trinajstić information content (AvgIpc) is 3.74. The number of hydrogen-bond acceptors (Lipinski definition) is 8. The van der Waals surface area contributed by atoms with Crippen LogP contribution in [-0.2, 0) is 25.8 Å². The van der Waals surface area contributed by atoms with Gasteiger partial charge >= 0.3 is 5.97 Å². The van der Waals surface area contributed by atoms with Gasteiger partial charge in [-0.25, -0.2) is 4.68 Å². The normalized spacial score (nSPS) is 26.0. The number of rotatable bonds is 16. The molecule has 1 aromatic carbocycles. The van der Waals surface area contributed by atoms with E-state index in [0.717, 1.165) is 43.1 Å². The summed E-state index contributed by atoms with van der Waals surface area (Å²) in [5.41, 5.74) is 1.55. The Kier molecular flexibility index (Phi) is 9.67. The molecule has 5 rings (SSSR count). The van der Waals surface area contributed by atoms with E-state index in [1.54, 1.807) is 32.3 Å². The lowest BCUT2D eigenvalue weighted by molar-refractivity contribution is -0.154. The van der Waals surface area contributed by atoms with Crippen molar-refractivity contribution in [3.63, 3.8) is 0 Å². The highest BCUT2D eigenvalue weighted by molar-refractivity contribution is 8.02. The van der Waals surface area contributed by atoms with E-state index in [9.17, 15) is 19.5 Å². The minimum absolute atomic E-state index is 0.0430. The number of amides is 2. The molecule has 1 spiro atoms. The lowest BCUT2D eigenvalue weighted by atomic mass is 9.71. The molecule has 0 aliphatic carbocycles. The number of para-hydroxylation sites is 1. The summed E-state index contributed by atoms with van der Waals surface area (Å²) >= 11 is 1.64. The van der Waals surface area contributed by atoms with Gasteiger partial charge in [0, 0.05) is 24.9 Å². The smallest absolute Gasteiger partial charge is 0.310 e. The number of fused-ring (bicyclic) bond motifs is 2. The van der Waals surface area contributed by atoms with Crippen LogP contribution in [0.3, 0.4) is 0 Å². The van der Waals surface area contributed by atoms with Gasteiger partial charge in [-0.3, -0.25) is 14.4 Å². The summed E-state index contributed by atoms with van der Waals surface area (Å²) in [6, 6.07) is 6.87. The standard InChI is InChI=1S/C31H41N5O5S/c1-3-5-6-12-20-41-30(40)25-24-15-16-31(42-24)26(25)28(38)35(18-10-7-11-19-37)27(31)29(39)34(17-4-2)21-36-23-14-9-8-13-22(23)32-33-36/h3-4,8-9,13-14,24-27,37H,1-2,5-7,10-12,15-21H2/t24-,25+,26-,27?,31?/m0/s1. The molecule has 3 aliphatic rings. The van der Waals surface area contributed by atoms with Gasteiger partial charge in [-0.05, 0) is 63.5 Å². The first-order chi connectivity index (χ1) is 20.5. The molecular weight excluding hydrogens is 554 g/mol. The number of thioether (sulfide) groups is 1. The maximum atomic E-state index is 14.6. The van der Waals surface area contributed by atoms with Crippen LogP contribution in [0.1, 0.15) is 51.4 Å². The largest absolute Gasteiger partial charge is 0.465 e. The molecule has 3 aliphatic heterocycles. The molecule has 3 fully saturated rings. The van der Waals surface area contributed by atoms with Gasteiger partial charge in [0.05, 0.1) is 28.7 Å². The third-order valence-corrected chi connectivity index (χ3v) is 10.7. The van der Waals surface area contributed by atoms with Gasteiger partial charge in [-0.2, -0.15) is 0 Å². The number of aliphatic hydroxyl groups excluding tert-OH is 1. The van der Waals surface area contributed by atoms with Crippen LogP contribution in [-0.4, -0.2) is 90.0 Å². The molecule has 0 saturated carbocycles. The highest BCUT2D eigenvalue weighted by atomic mass is 32.2. The second-order valence-electron chi connectivity index (χ2n) is 11.4. The number of nitrogens with zero attached hydrogens (tertiary/aromatic N) is 5. The van der Waals surface area contributed by atoms with Crippen LogP contribution in [0.2, 0.25) is 0 Å². The number of unbranched alkanes of at least 4 members (excludes halogenated alkanes) is 4. The van der Waals surface area contributed by atoms with Crippen LogP contribution in [0, 0.1) is 11.8 Å². The first-order valence-corrected chi connectivity index (χ1v) is 15.9. The molecule has 0 radical (unpaired) electrons. The molecule has 10 nitrogen and oxygen atoms in total. The summed E-state index contributed by atoms with van der Waals surface area (Å²) in [5, 5.41) is 17.8. The molecule has 2 aromatic rings. The molecule has 5 atom stereocenters. The van der Waals surface area contributed by atoms with E-state index < -0.39 is 22.6 Å². The zero-order valence-corrected chi connectivity index (χ0v) is 24.9. The third kappa shape index (κ3) is 5.60. The zero-order valence-electron chi connectivity index (χ0n) is 24.1. The highest BCUT2D eigenvalue weighted by Crippen LogP contribution is 2.66. The van der Waals surface area contributed by atoms with E-state index in [4.69, 9.17) is 4.74 Å². The maximum absolute atomic E-state index is 14.6. The van der Waals surface area contributed by atoms with Crippen molar-refractivity contribution in [1.29, 1.82) is 0 Å². The van der Waals surface area contributed by atoms with E-state index in [1.165, 1.54) is 0 Å². The number of aliphatic hydroxyl groups is 1. The Morgan fingerprint density at radius 3 is 2.79 bits per heavy atom. The Morgan fingerprint density at radius 2 is 2.00 bits per heavy atom. The van der Waals surface area contributed by atoms with Gasteiger partial charge in [0.2, 0.25) is 11.8 Å². The molecule has 4 heterocycles. The number of hydrogen-bond donors (Lipinski definition) is 1. The molecule has 2 bridgehead atoms. The first-order valence-electron chi connectivity index (χ1n) is 15.0. The molecule has 226 valence electrons. The molecule has 2 amide bonds. The Morgan fingerprint density at radius 1 is 1.17 bits per heavy atom. The van der Waals surface area contributed by atoms with Crippen molar-refractivity contribution in [2.45, 2.75) is 74.1 Å². The fraction of sp³-hybridized carbons (Fsp3) is 0.581. The van der Waals surface area contributed by atoms with Crippen LogP contribution in [0.25, 0.3) is 11.0 Å². The summed E-state index contributed by atoms with van der Waals surface area (Å²) in [4.78, 5) is 45.6. The molecular formula is C31H41N5O5S. The fourth-order valence-electron chi connectivity index (χ4n) is 6.90. The summed E-state index contributed by atoms with van der Waals surface area (Å²) in [6.45, 7) is 8.87. The van der Waals surface area contributed by atoms with E-state index in [2.05, 4.69) is 23.5 Å². The number of aromatic nitrogens is 3. The molecule has 1 aromatic heterocycles. The Balaban J connectivity index is 1.42. The van der Waals surface area contributed by atoms with Gasteiger partial charge in [0.15, 0.2) is 0 Å². The van der Waals surface area contributed by atoms with E-state index in [1.807, 2.05) is 30.3 Å². The van der Waals surface area contributed by atoms with Crippen molar-refractivity contribution in [2.75, 3.05) is 26.3 Å². The van der Waals surface area contributed by atoms with Gasteiger partial charge in [0.25, 0.3) is 0 Å². The number of carbonyl (C=O) groups is 3. The van der Waals surface area contributed by atoms with Crippen LogP contribution < -0.4 is 0 Å². The third-order valence-electron chi connectivity index (χ3n) is 8.80. The van der Waals surface area contributed by atoms with Crippen LogP contribution >= 0.6 is 11.8 Å². The van der Waals surface area contributed by atoms with Gasteiger partial charge in [0.1, 0.15) is 18.2 Å². The summed E-state index contributed by atoms with van der Waals surface area (Å²) in [7, 11) is 0. The molecule has 3 saturated heterocycles. The van der Waals surface area contributed by atoms with Crippen LogP contribution in [0.15, 0.2) is 49.6 Å². The Bertz CT molecular complexity index is 1320. The predicted octanol–water partition coefficient (Wildman–Crippen LogP) is 3.56. The topological polar surface area (TPSA) is 118 Å². The Hall–Kier alpha value is -3.18. The van der Waals surface area contributed by atoms with Crippen molar-refractivity contribution in [1.82, 2.24) is 24.8 Å². The predicted molar refractivity (Wildman–Crippen MR) is 161 cm³/mol. The minimum Gasteiger partial charge on any atom is -0.465 e. The van der Waals surface area contributed by atoms with Crippen molar-refractivity contribution in [3.8, 4) is 0 Å². The van der Waals surface area contributed by atoms with E-state index >= 15 is 0 Å². The second kappa shape index (κ2) is 13.4. The lowest BCUT2D eigenvalue weighted by Gasteiger charge is -2.37. The fourth-order valence-corrected chi connectivity index (χ4v) is 9.10. The number of carbonyl (C=O) groups excluding carboxylic acids is 3. The van der Waals surface area contributed by atoms with Crippen molar-refractivity contribution in [3.05, 3.63) is 49.6 Å². The van der Waals surface area contributed by atoms with E-state index in [0.29, 0.717) is 32.4 Å². The highest BCUT2D eigenvalue weighted by Gasteiger charge is 2.74. The molecule has 11 heteroatoms. The number of allylic oxidation sites excluding steroid dienone is 1. The summed E-state index contributed by atoms with van der Waals surface area (Å²) < 4.78 is 6.71. The van der Waals surface area contributed by atoms with Gasteiger partial charge < -0.3 is 19.6 Å². The second-order valence-corrected chi connectivity index (χ2v) is 13.0. The van der Waals surface area contributed by atoms with Gasteiger partial charge in [-0.1, -0.05) is 29.5 Å². The van der Waals surface area contributed by atoms with Crippen LogP contribution in [0.5, 0.6) is 0 Å². The van der Waals surface area contributed by atoms with Crippen LogP contribution in [0.4, 0.5) is 0 Å². The number of benzene rings is 1. The van der Waals surface area contributed by atoms with Crippen molar-refractivity contribution >= 4 is 40.6 Å². The summed E-state index contributed by atoms with van der Waals surface area (Å²) in [6.07, 6.45) is 9.54. The van der Waals surface area contributed by atoms with E-state index in [-0.39, 0.29) is 42.9 Å². The lowest BCUT2D eigenvalue weighted by Crippen LogP contribution is -2.55. The SMILES string of the molecule is C=CCCCCOC(=O)[C@@H]1[C@@H]2CCC3(S2)C(C(=O)N(CC=C)Cn2nnc4ccccc42)N(CCCCCO)C(=O)[C@H]13. The molecule has 42 heavy (non-hydrogen) atoms. The van der Waals surface area contributed by atoms with Crippen molar-refractivity contribution in [2.24, 2.45) is 11.8 Å². The molecule has 1 N–H and O–H groups in total. The minimum atomic E-state index is -0.709. The number of ether oxygens (including phenoxy) is 1. The first kappa shape index (κ1) is 30.3. The molecule has 2 unspecified atom stereocenters. The zero-order chi connectivity index (χ0) is 29.7. The number of likely N-dealkylation sites (tertiary alicyclic amines) is 1. The monoisotopic (exact) mass is 595 g/mol. The summed E-state index contributed by atoms with van der Waals surface area (Å²) in [5.74, 6) is -1.77. The Labute approximate surface area is 251 Å². The van der Waals surface area contributed by atoms with Crippen molar-refractivity contribution < 1.29 is 24.2 Å². The quantitative estimate of drug-likeness (QED) is 0.178.